The molecular weight excluding hydrogens is 322 g/mol. The summed E-state index contributed by atoms with van der Waals surface area (Å²) in [5, 5.41) is 21.9. The van der Waals surface area contributed by atoms with Gasteiger partial charge in [-0.25, -0.2) is 13.4 Å². The summed E-state index contributed by atoms with van der Waals surface area (Å²) < 4.78 is 26.6. The molecule has 2 rings (SSSR count). The Morgan fingerprint density at radius 1 is 1.23 bits per heavy atom. The normalized spacial score (nSPS) is 10.1. The van der Waals surface area contributed by atoms with Gasteiger partial charge >= 0.3 is 0 Å². The van der Waals surface area contributed by atoms with Crippen molar-refractivity contribution in [2.75, 3.05) is 10.0 Å². The average Bonchev–Trinajstić information content (AvgIpc) is 3.01. The molecule has 110 valence electrons. The van der Waals surface area contributed by atoms with Crippen molar-refractivity contribution < 1.29 is 8.42 Å². The fraction of sp³-hybridized carbons (Fsp3) is 0. The molecule has 7 nitrogen and oxygen atoms in total. The highest BCUT2D eigenvalue weighted by Crippen LogP contribution is 2.19. The van der Waals surface area contributed by atoms with Crippen LogP contribution < -0.4 is 10.0 Å². The van der Waals surface area contributed by atoms with Gasteiger partial charge < -0.3 is 5.32 Å². The predicted octanol–water partition coefficient (Wildman–Crippen LogP) is 2.29. The van der Waals surface area contributed by atoms with Gasteiger partial charge in [0, 0.05) is 23.5 Å². The Balaban J connectivity index is 2.14. The lowest BCUT2D eigenvalue weighted by molar-refractivity contribution is 0.601. The van der Waals surface area contributed by atoms with Crippen LogP contribution in [0.15, 0.2) is 52.5 Å². The van der Waals surface area contributed by atoms with Crippen LogP contribution in [0.2, 0.25) is 0 Å². The first-order valence-corrected chi connectivity index (χ1v) is 8.21. The fourth-order valence-corrected chi connectivity index (χ4v) is 3.21. The molecule has 0 aliphatic rings. The van der Waals surface area contributed by atoms with Crippen molar-refractivity contribution in [1.29, 1.82) is 10.5 Å². The Hall–Kier alpha value is -2.88. The summed E-state index contributed by atoms with van der Waals surface area (Å²) in [6, 6.07) is 9.29. The molecule has 0 saturated heterocycles. The monoisotopic (exact) mass is 331 g/mol. The maximum Gasteiger partial charge on any atom is 0.263 e. The van der Waals surface area contributed by atoms with E-state index in [4.69, 9.17) is 10.5 Å². The van der Waals surface area contributed by atoms with Crippen molar-refractivity contribution in [2.45, 2.75) is 4.90 Å². The summed E-state index contributed by atoms with van der Waals surface area (Å²) in [5.74, 6) is 0. The Kier molecular flexibility index (Phi) is 4.73. The summed E-state index contributed by atoms with van der Waals surface area (Å²) >= 11 is 1.18. The van der Waals surface area contributed by atoms with Crippen molar-refractivity contribution in [3.63, 3.8) is 0 Å². The second-order valence-electron chi connectivity index (χ2n) is 3.89. The van der Waals surface area contributed by atoms with E-state index in [0.29, 0.717) is 5.69 Å². The summed E-state index contributed by atoms with van der Waals surface area (Å²) in [6.45, 7) is 0. The Bertz CT molecular complexity index is 841. The standard InChI is InChI=1S/C13H9N5O2S2/c14-7-10(8-15)9-17-11-1-3-12(4-2-11)22(19,20)18-13-16-5-6-21-13/h1-6,9,17H,(H,16,18). The highest BCUT2D eigenvalue weighted by molar-refractivity contribution is 7.93. The van der Waals surface area contributed by atoms with Gasteiger partial charge in [0.05, 0.1) is 4.90 Å². The van der Waals surface area contributed by atoms with Crippen LogP contribution in [0.5, 0.6) is 0 Å². The Morgan fingerprint density at radius 3 is 2.45 bits per heavy atom. The molecule has 0 radical (unpaired) electrons. The van der Waals surface area contributed by atoms with E-state index < -0.39 is 10.0 Å². The van der Waals surface area contributed by atoms with Gasteiger partial charge in [-0.2, -0.15) is 10.5 Å². The molecule has 1 aromatic heterocycles. The number of nitrogens with one attached hydrogen (secondary N) is 2. The third-order valence-corrected chi connectivity index (χ3v) is 4.62. The van der Waals surface area contributed by atoms with E-state index in [9.17, 15) is 8.42 Å². The van der Waals surface area contributed by atoms with Crippen LogP contribution in [-0.4, -0.2) is 13.4 Å². The third kappa shape index (κ3) is 3.82. The van der Waals surface area contributed by atoms with Crippen molar-refractivity contribution in [1.82, 2.24) is 4.98 Å². The van der Waals surface area contributed by atoms with Gasteiger partial charge in [0.2, 0.25) is 0 Å². The molecule has 0 bridgehead atoms. The lowest BCUT2D eigenvalue weighted by Gasteiger charge is -2.06. The second kappa shape index (κ2) is 6.72. The zero-order valence-electron chi connectivity index (χ0n) is 11.0. The van der Waals surface area contributed by atoms with Crippen molar-refractivity contribution >= 4 is 32.2 Å². The molecule has 1 heterocycles. The molecule has 2 aromatic rings. The number of nitrogens with zero attached hydrogens (tertiary/aromatic N) is 3. The van der Waals surface area contributed by atoms with Gasteiger partial charge in [-0.05, 0) is 24.3 Å². The minimum absolute atomic E-state index is 0.0814. The summed E-state index contributed by atoms with van der Waals surface area (Å²) in [4.78, 5) is 3.94. The molecule has 1 aromatic carbocycles. The molecule has 0 aliphatic heterocycles. The number of anilines is 2. The maximum atomic E-state index is 12.1. The van der Waals surface area contributed by atoms with Crippen LogP contribution in [-0.2, 0) is 10.0 Å². The fourth-order valence-electron chi connectivity index (χ4n) is 1.42. The average molecular weight is 331 g/mol. The van der Waals surface area contributed by atoms with Gasteiger partial charge in [0.15, 0.2) is 5.13 Å². The molecule has 0 saturated carbocycles. The number of hydrogen-bond donors (Lipinski definition) is 2. The minimum atomic E-state index is -3.69. The van der Waals surface area contributed by atoms with E-state index in [-0.39, 0.29) is 15.6 Å². The molecule has 2 N–H and O–H groups in total. The number of benzene rings is 1. The first kappa shape index (κ1) is 15.5. The number of aromatic nitrogens is 1. The Morgan fingerprint density at radius 2 is 1.91 bits per heavy atom. The zero-order valence-corrected chi connectivity index (χ0v) is 12.6. The van der Waals surface area contributed by atoms with Crippen LogP contribution in [0.1, 0.15) is 0 Å². The quantitative estimate of drug-likeness (QED) is 0.811. The van der Waals surface area contributed by atoms with Gasteiger partial charge in [0.1, 0.15) is 17.7 Å². The molecule has 22 heavy (non-hydrogen) atoms. The highest BCUT2D eigenvalue weighted by atomic mass is 32.2. The predicted molar refractivity (Wildman–Crippen MR) is 82.3 cm³/mol. The van der Waals surface area contributed by atoms with Crippen LogP contribution in [0.4, 0.5) is 10.8 Å². The van der Waals surface area contributed by atoms with E-state index in [1.807, 2.05) is 0 Å². The van der Waals surface area contributed by atoms with E-state index in [1.54, 1.807) is 17.5 Å². The largest absolute Gasteiger partial charge is 0.360 e. The topological polar surface area (TPSA) is 119 Å². The number of nitriles is 2. The number of sulfonamides is 1. The van der Waals surface area contributed by atoms with E-state index in [0.717, 1.165) is 0 Å². The molecule has 9 heteroatoms. The minimum Gasteiger partial charge on any atom is -0.360 e. The lowest BCUT2D eigenvalue weighted by atomic mass is 10.3. The summed E-state index contributed by atoms with van der Waals surface area (Å²) in [5.41, 5.74) is 0.471. The number of thiazole rings is 1. The van der Waals surface area contributed by atoms with Gasteiger partial charge in [-0.1, -0.05) is 0 Å². The highest BCUT2D eigenvalue weighted by Gasteiger charge is 2.14. The molecule has 0 aliphatic carbocycles. The smallest absolute Gasteiger partial charge is 0.263 e. The van der Waals surface area contributed by atoms with Gasteiger partial charge in [-0.15, -0.1) is 11.3 Å². The Labute approximate surface area is 131 Å². The molecule has 0 amide bonds. The first-order chi connectivity index (χ1) is 10.5. The van der Waals surface area contributed by atoms with Gasteiger partial charge in [0.25, 0.3) is 10.0 Å². The van der Waals surface area contributed by atoms with Crippen molar-refractivity contribution in [2.24, 2.45) is 0 Å². The maximum absolute atomic E-state index is 12.1. The lowest BCUT2D eigenvalue weighted by Crippen LogP contribution is -2.12. The van der Waals surface area contributed by atoms with E-state index >= 15 is 0 Å². The molecule has 0 atom stereocenters. The molecule has 0 spiro atoms. The van der Waals surface area contributed by atoms with Crippen LogP contribution in [0.3, 0.4) is 0 Å². The molecular formula is C13H9N5O2S2. The zero-order chi connectivity index (χ0) is 16.0. The second-order valence-corrected chi connectivity index (χ2v) is 6.47. The van der Waals surface area contributed by atoms with Crippen LogP contribution in [0, 0.1) is 22.7 Å². The van der Waals surface area contributed by atoms with Crippen LogP contribution in [0.25, 0.3) is 0 Å². The first-order valence-electron chi connectivity index (χ1n) is 5.84. The SMILES string of the molecule is N#CC(C#N)=CNc1ccc(S(=O)(=O)Nc2nccs2)cc1. The van der Waals surface area contributed by atoms with Gasteiger partial charge in [-0.3, -0.25) is 4.72 Å². The van der Waals surface area contributed by atoms with Crippen molar-refractivity contribution in [3.8, 4) is 12.1 Å². The summed E-state index contributed by atoms with van der Waals surface area (Å²) in [7, 11) is -3.69. The third-order valence-electron chi connectivity index (χ3n) is 2.44. The van der Waals surface area contributed by atoms with Crippen LogP contribution >= 0.6 is 11.3 Å². The summed E-state index contributed by atoms with van der Waals surface area (Å²) in [6.07, 6.45) is 2.75. The van der Waals surface area contributed by atoms with Crippen molar-refractivity contribution in [3.05, 3.63) is 47.6 Å². The van der Waals surface area contributed by atoms with E-state index in [2.05, 4.69) is 15.0 Å². The molecule has 0 fully saturated rings. The number of rotatable bonds is 5. The number of hydrogen-bond acceptors (Lipinski definition) is 7. The molecule has 0 unspecified atom stereocenters. The number of allylic oxidation sites excluding steroid dienone is 1. The van der Waals surface area contributed by atoms with E-state index in [1.165, 1.54) is 48.0 Å².